The van der Waals surface area contributed by atoms with Gasteiger partial charge in [0.05, 0.1) is 0 Å². The van der Waals surface area contributed by atoms with Crippen molar-refractivity contribution in [1.82, 2.24) is 0 Å². The monoisotopic (exact) mass is 445 g/mol. The zero-order valence-electron chi connectivity index (χ0n) is 6.71. The van der Waals surface area contributed by atoms with Crippen molar-refractivity contribution in [1.29, 1.82) is 0 Å². The Bertz CT molecular complexity index is 238. The molecule has 0 aliphatic carbocycles. The van der Waals surface area contributed by atoms with Crippen LogP contribution in [0.25, 0.3) is 0 Å². The van der Waals surface area contributed by atoms with Gasteiger partial charge in [-0.2, -0.15) is 0 Å². The van der Waals surface area contributed by atoms with Crippen molar-refractivity contribution in [3.8, 4) is 0 Å². The van der Waals surface area contributed by atoms with E-state index in [4.69, 9.17) is 2.64 Å². The Morgan fingerprint density at radius 2 is 1.92 bits per heavy atom. The molecule has 0 bridgehead atoms. The van der Waals surface area contributed by atoms with Gasteiger partial charge in [0.15, 0.2) is 0 Å². The van der Waals surface area contributed by atoms with Crippen LogP contribution in [0, 0.1) is 0 Å². The molecule has 0 amide bonds. The molecule has 0 N–H and O–H groups in total. The van der Waals surface area contributed by atoms with Crippen LogP contribution in [-0.4, -0.2) is 5.97 Å². The van der Waals surface area contributed by atoms with E-state index in [0.717, 1.165) is 0 Å². The standard InChI is InChI=1S/C6H5.C2H4O2.Ag.Hg/c1-2-4-6-5-3-1;1-2(3)4;;/h1-5H;1H3,(H,3,4);;/q;;;+1/p-1. The first-order valence-corrected chi connectivity index (χ1v) is 8.45. The van der Waals surface area contributed by atoms with Crippen LogP contribution >= 0.6 is 0 Å². The topological polar surface area (TPSA) is 26.3 Å². The van der Waals surface area contributed by atoms with Crippen molar-refractivity contribution in [2.45, 2.75) is 6.92 Å². The van der Waals surface area contributed by atoms with E-state index in [1.54, 1.807) is 0 Å². The summed E-state index contributed by atoms with van der Waals surface area (Å²) in [5, 5.41) is 0. The second-order valence-corrected chi connectivity index (χ2v) is 7.68. The predicted octanol–water partition coefficient (Wildman–Crippen LogP) is 0.870. The van der Waals surface area contributed by atoms with E-state index in [-0.39, 0.29) is 28.3 Å². The smallest absolute Gasteiger partial charge is 0 e. The summed E-state index contributed by atoms with van der Waals surface area (Å²) in [7, 11) is 0. The van der Waals surface area contributed by atoms with E-state index in [1.165, 1.54) is 10.00 Å². The normalized spacial score (nSPS) is 7.75. The number of hydrogen-bond acceptors (Lipinski definition) is 2. The maximum absolute atomic E-state index is 10.5. The fourth-order valence-corrected chi connectivity index (χ4v) is 4.00. The number of carbonyl (C=O) groups is 1. The van der Waals surface area contributed by atoms with Crippen molar-refractivity contribution in [3.63, 3.8) is 0 Å². The molecule has 4 heteroatoms. The Morgan fingerprint density at radius 3 is 2.42 bits per heavy atom. The quantitative estimate of drug-likeness (QED) is 0.633. The molecule has 0 fully saturated rings. The molecular weight excluding hydrogens is 437 g/mol. The first-order chi connectivity index (χ1) is 5.29. The molecule has 0 aromatic heterocycles. The Morgan fingerprint density at radius 1 is 1.33 bits per heavy atom. The van der Waals surface area contributed by atoms with Crippen molar-refractivity contribution in [2.24, 2.45) is 0 Å². The van der Waals surface area contributed by atoms with E-state index in [0.29, 0.717) is 0 Å². The molecular formula is C8H8AgHgO2. The van der Waals surface area contributed by atoms with Gasteiger partial charge in [-0.3, -0.25) is 0 Å². The van der Waals surface area contributed by atoms with Gasteiger partial charge in [0.25, 0.3) is 0 Å². The SMILES string of the molecule is CC(=O)[O][Hg][c]1ccccc1.[Ag]. The number of hydrogen-bond donors (Lipinski definition) is 0. The van der Waals surface area contributed by atoms with Gasteiger partial charge in [-0.15, -0.1) is 0 Å². The van der Waals surface area contributed by atoms with Crippen molar-refractivity contribution in [3.05, 3.63) is 30.3 Å². The van der Waals surface area contributed by atoms with Gasteiger partial charge >= 0.3 is 78.8 Å². The van der Waals surface area contributed by atoms with Crippen molar-refractivity contribution in [2.75, 3.05) is 0 Å². The van der Waals surface area contributed by atoms with Gasteiger partial charge in [-0.25, -0.2) is 0 Å². The molecule has 12 heavy (non-hydrogen) atoms. The summed E-state index contributed by atoms with van der Waals surface area (Å²) in [5.41, 5.74) is 0. The third-order valence-corrected chi connectivity index (χ3v) is 6.55. The molecule has 0 atom stereocenters. The van der Waals surface area contributed by atoms with Crippen LogP contribution in [0.5, 0.6) is 0 Å². The van der Waals surface area contributed by atoms with Crippen LogP contribution in [0.4, 0.5) is 0 Å². The number of benzene rings is 1. The Labute approximate surface area is 100 Å². The minimum absolute atomic E-state index is 0. The van der Waals surface area contributed by atoms with E-state index in [1.807, 2.05) is 30.3 Å². The molecule has 1 aromatic carbocycles. The molecule has 0 aliphatic heterocycles. The van der Waals surface area contributed by atoms with Crippen LogP contribution in [0.3, 0.4) is 0 Å². The molecule has 65 valence electrons. The van der Waals surface area contributed by atoms with E-state index in [2.05, 4.69) is 0 Å². The second kappa shape index (κ2) is 6.84. The predicted molar refractivity (Wildman–Crippen MR) is 37.8 cm³/mol. The summed E-state index contributed by atoms with van der Waals surface area (Å²) in [6.45, 7) is 1.46. The van der Waals surface area contributed by atoms with E-state index < -0.39 is 25.0 Å². The number of rotatable bonds is 2. The molecule has 1 aromatic rings. The largest absolute Gasteiger partial charge is 0 e. The van der Waals surface area contributed by atoms with Gasteiger partial charge in [0.2, 0.25) is 0 Å². The van der Waals surface area contributed by atoms with Crippen LogP contribution < -0.4 is 3.07 Å². The summed E-state index contributed by atoms with van der Waals surface area (Å²) in [6.07, 6.45) is 0. The summed E-state index contributed by atoms with van der Waals surface area (Å²) < 4.78 is 6.25. The zero-order valence-corrected chi connectivity index (χ0v) is 13.7. The maximum atomic E-state index is 10.5. The summed E-state index contributed by atoms with van der Waals surface area (Å²) in [4.78, 5) is 10.5. The summed E-state index contributed by atoms with van der Waals surface area (Å²) in [5.74, 6) is -0.143. The van der Waals surface area contributed by atoms with Crippen molar-refractivity contribution >= 4 is 9.04 Å². The Balaban J connectivity index is 0.00000121. The second-order valence-electron chi connectivity index (χ2n) is 2.27. The fourth-order valence-electron chi connectivity index (χ4n) is 0.759. The molecule has 0 spiro atoms. The molecule has 2 nitrogen and oxygen atoms in total. The minimum atomic E-state index is -1.52. The first kappa shape index (κ1) is 12.4. The van der Waals surface area contributed by atoms with E-state index in [9.17, 15) is 4.79 Å². The Kier molecular flexibility index (Phi) is 7.04. The third kappa shape index (κ3) is 5.09. The maximum Gasteiger partial charge on any atom is 0 e. The Hall–Kier alpha value is 0.365. The fraction of sp³-hybridized carbons (Fsp3) is 0.125. The molecule has 0 saturated carbocycles. The van der Waals surface area contributed by atoms with Gasteiger partial charge < -0.3 is 0 Å². The molecule has 1 rings (SSSR count). The van der Waals surface area contributed by atoms with Gasteiger partial charge in [0, 0.05) is 22.4 Å². The van der Waals surface area contributed by atoms with Gasteiger partial charge in [-0.1, -0.05) is 0 Å². The molecule has 0 unspecified atom stereocenters. The van der Waals surface area contributed by atoms with Crippen LogP contribution in [-0.2, 0) is 54.9 Å². The first-order valence-electron chi connectivity index (χ1n) is 3.46. The van der Waals surface area contributed by atoms with E-state index >= 15 is 0 Å². The molecule has 0 heterocycles. The minimum Gasteiger partial charge on any atom is 0 e. The molecule has 0 saturated heterocycles. The molecule has 0 aliphatic rings. The van der Waals surface area contributed by atoms with Gasteiger partial charge in [-0.05, 0) is 0 Å². The zero-order chi connectivity index (χ0) is 8.10. The van der Waals surface area contributed by atoms with Gasteiger partial charge in [0.1, 0.15) is 0 Å². The molecule has 1 radical (unpaired) electrons. The van der Waals surface area contributed by atoms with Crippen LogP contribution in [0.1, 0.15) is 6.92 Å². The summed E-state index contributed by atoms with van der Waals surface area (Å²) >= 11 is -1.52. The average molecular weight is 445 g/mol. The van der Waals surface area contributed by atoms with Crippen molar-refractivity contribution < 1.29 is 54.9 Å². The third-order valence-electron chi connectivity index (χ3n) is 1.28. The van der Waals surface area contributed by atoms with Crippen LogP contribution in [0.15, 0.2) is 30.3 Å². The van der Waals surface area contributed by atoms with Crippen LogP contribution in [0.2, 0.25) is 0 Å². The summed E-state index contributed by atoms with van der Waals surface area (Å²) in [6, 6.07) is 9.94. The average Bonchev–Trinajstić information content (AvgIpc) is 2.03. The number of carbonyl (C=O) groups excluding carboxylic acids is 1.